The van der Waals surface area contributed by atoms with Crippen molar-refractivity contribution in [1.82, 2.24) is 24.2 Å². The van der Waals surface area contributed by atoms with Gasteiger partial charge < -0.3 is 9.67 Å². The van der Waals surface area contributed by atoms with Gasteiger partial charge in [0, 0.05) is 56.6 Å². The molecular weight excluding hydrogens is 374 g/mol. The maximum atomic E-state index is 11.8. The number of piperidine rings is 1. The molecule has 30 heavy (non-hydrogen) atoms. The van der Waals surface area contributed by atoms with Crippen LogP contribution in [-0.4, -0.2) is 42.4 Å². The molecule has 5 rings (SSSR count). The van der Waals surface area contributed by atoms with Gasteiger partial charge in [0.25, 0.3) is 0 Å². The number of likely N-dealkylation sites (tertiary alicyclic amines) is 1. The van der Waals surface area contributed by atoms with Gasteiger partial charge in [-0.2, -0.15) is 5.10 Å². The minimum atomic E-state index is -0.807. The van der Waals surface area contributed by atoms with Crippen LogP contribution in [0, 0.1) is 25.7 Å². The lowest BCUT2D eigenvalue weighted by molar-refractivity contribution is -0.155. The molecule has 2 aromatic heterocycles. The summed E-state index contributed by atoms with van der Waals surface area (Å²) in [5, 5.41) is 16.4. The highest BCUT2D eigenvalue weighted by molar-refractivity contribution is 5.37. The largest absolute Gasteiger partial charge is 0.381 e. The van der Waals surface area contributed by atoms with Crippen LogP contribution in [0.25, 0.3) is 5.69 Å². The van der Waals surface area contributed by atoms with Crippen molar-refractivity contribution >= 4 is 0 Å². The fraction of sp³-hybridized carbons (Fsp3) is 0.500. The maximum Gasteiger partial charge on any atom is 0.141 e. The summed E-state index contributed by atoms with van der Waals surface area (Å²) in [5.74, 6) is 1.29. The zero-order chi connectivity index (χ0) is 20.9. The Kier molecular flexibility index (Phi) is 4.79. The van der Waals surface area contributed by atoms with Crippen LogP contribution in [0.5, 0.6) is 0 Å². The van der Waals surface area contributed by atoms with E-state index in [4.69, 9.17) is 0 Å². The minimum Gasteiger partial charge on any atom is -0.381 e. The molecule has 2 aliphatic rings. The van der Waals surface area contributed by atoms with E-state index in [2.05, 4.69) is 52.2 Å². The molecule has 2 atom stereocenters. The molecule has 2 fully saturated rings. The molecule has 1 saturated carbocycles. The smallest absolute Gasteiger partial charge is 0.141 e. The number of hydrogen-bond acceptors (Lipinski definition) is 4. The molecule has 3 aromatic rings. The topological polar surface area (TPSA) is 59.1 Å². The highest BCUT2D eigenvalue weighted by atomic mass is 16.3. The summed E-state index contributed by atoms with van der Waals surface area (Å²) in [6, 6.07) is 10.8. The van der Waals surface area contributed by atoms with Crippen molar-refractivity contribution < 1.29 is 5.11 Å². The number of imidazole rings is 1. The van der Waals surface area contributed by atoms with E-state index in [1.54, 1.807) is 6.20 Å². The van der Waals surface area contributed by atoms with Gasteiger partial charge in [-0.15, -0.1) is 0 Å². The van der Waals surface area contributed by atoms with Gasteiger partial charge in [-0.05, 0) is 50.5 Å². The molecule has 1 N–H and O–H groups in total. The van der Waals surface area contributed by atoms with Gasteiger partial charge in [-0.1, -0.05) is 18.6 Å². The molecule has 6 heteroatoms. The molecule has 0 radical (unpaired) electrons. The lowest BCUT2D eigenvalue weighted by Crippen LogP contribution is -2.58. The van der Waals surface area contributed by atoms with Crippen molar-refractivity contribution in [3.8, 4) is 5.69 Å². The van der Waals surface area contributed by atoms with Gasteiger partial charge >= 0.3 is 0 Å². The third-order valence-corrected chi connectivity index (χ3v) is 7.06. The lowest BCUT2D eigenvalue weighted by Gasteiger charge is -2.52. The number of aliphatic hydroxyl groups is 1. The molecule has 0 amide bonds. The Morgan fingerprint density at radius 2 is 1.90 bits per heavy atom. The van der Waals surface area contributed by atoms with Crippen molar-refractivity contribution in [1.29, 1.82) is 0 Å². The first kappa shape index (κ1) is 19.5. The number of aromatic nitrogens is 4. The van der Waals surface area contributed by atoms with E-state index in [1.807, 2.05) is 29.4 Å². The Morgan fingerprint density at radius 3 is 2.53 bits per heavy atom. The van der Waals surface area contributed by atoms with Gasteiger partial charge in [0.1, 0.15) is 11.4 Å². The highest BCUT2D eigenvalue weighted by Gasteiger charge is 2.53. The molecule has 158 valence electrons. The number of aryl methyl sites for hydroxylation is 3. The summed E-state index contributed by atoms with van der Waals surface area (Å²) in [5.41, 5.74) is 3.78. The van der Waals surface area contributed by atoms with Crippen LogP contribution >= 0.6 is 0 Å². The van der Waals surface area contributed by atoms with E-state index >= 15 is 0 Å². The molecule has 0 spiro atoms. The van der Waals surface area contributed by atoms with Crippen LogP contribution in [0.15, 0.2) is 42.7 Å². The summed E-state index contributed by atoms with van der Waals surface area (Å²) in [6.45, 7) is 6.84. The molecule has 2 unspecified atom stereocenters. The van der Waals surface area contributed by atoms with E-state index < -0.39 is 5.60 Å². The summed E-state index contributed by atoms with van der Waals surface area (Å²) in [4.78, 5) is 7.06. The van der Waals surface area contributed by atoms with Crippen LogP contribution in [0.2, 0.25) is 0 Å². The van der Waals surface area contributed by atoms with E-state index in [-0.39, 0.29) is 11.8 Å². The molecular formula is C24H31N5O. The number of hydrogen-bond donors (Lipinski definition) is 1. The highest BCUT2D eigenvalue weighted by Crippen LogP contribution is 2.48. The Labute approximate surface area is 178 Å². The Morgan fingerprint density at radius 1 is 1.13 bits per heavy atom. The predicted octanol–water partition coefficient (Wildman–Crippen LogP) is 3.34. The molecule has 1 saturated heterocycles. The first-order valence-electron chi connectivity index (χ1n) is 11.0. The second-order valence-corrected chi connectivity index (χ2v) is 9.21. The first-order valence-corrected chi connectivity index (χ1v) is 11.0. The van der Waals surface area contributed by atoms with Crippen molar-refractivity contribution in [2.24, 2.45) is 18.9 Å². The van der Waals surface area contributed by atoms with Gasteiger partial charge in [0.2, 0.25) is 0 Å². The SMILES string of the molecule is Cc1cc(C)n(-c2cccc(CN3CC4CCCC(C3)C4(O)c3nccn3C)c2)n1. The molecule has 1 aromatic carbocycles. The van der Waals surface area contributed by atoms with Gasteiger partial charge in [0.15, 0.2) is 0 Å². The molecule has 6 nitrogen and oxygen atoms in total. The van der Waals surface area contributed by atoms with Crippen LogP contribution in [0.4, 0.5) is 0 Å². The van der Waals surface area contributed by atoms with Crippen molar-refractivity contribution in [3.63, 3.8) is 0 Å². The number of rotatable bonds is 4. The van der Waals surface area contributed by atoms with Crippen LogP contribution < -0.4 is 0 Å². The normalized spacial score (nSPS) is 26.8. The lowest BCUT2D eigenvalue weighted by atomic mass is 9.65. The Balaban J connectivity index is 1.37. The van der Waals surface area contributed by atoms with Gasteiger partial charge in [-0.3, -0.25) is 4.90 Å². The first-order chi connectivity index (χ1) is 14.4. The number of nitrogens with zero attached hydrogens (tertiary/aromatic N) is 5. The third-order valence-electron chi connectivity index (χ3n) is 7.06. The standard InChI is InChI=1S/C24H31N5O/c1-17-12-18(2)29(26-17)22-9-4-6-19(13-22)14-28-15-20-7-5-8-21(16-28)24(20,30)23-25-10-11-27(23)3/h4,6,9-13,20-21,30H,5,7-8,14-16H2,1-3H3. The fourth-order valence-electron chi connectivity index (χ4n) is 5.72. The summed E-state index contributed by atoms with van der Waals surface area (Å²) >= 11 is 0. The zero-order valence-electron chi connectivity index (χ0n) is 18.1. The quantitative estimate of drug-likeness (QED) is 0.723. The van der Waals surface area contributed by atoms with E-state index in [9.17, 15) is 5.11 Å². The van der Waals surface area contributed by atoms with Crippen LogP contribution in [0.3, 0.4) is 0 Å². The van der Waals surface area contributed by atoms with E-state index in [1.165, 1.54) is 12.0 Å². The average Bonchev–Trinajstić information content (AvgIpc) is 3.28. The second-order valence-electron chi connectivity index (χ2n) is 9.21. The van der Waals surface area contributed by atoms with E-state index in [0.717, 1.165) is 55.4 Å². The maximum absolute atomic E-state index is 11.8. The van der Waals surface area contributed by atoms with Crippen molar-refractivity contribution in [3.05, 3.63) is 65.5 Å². The summed E-state index contributed by atoms with van der Waals surface area (Å²) < 4.78 is 4.02. The summed E-state index contributed by atoms with van der Waals surface area (Å²) in [7, 11) is 1.99. The van der Waals surface area contributed by atoms with Crippen LogP contribution in [0.1, 0.15) is 42.0 Å². The molecule has 1 aliphatic carbocycles. The fourth-order valence-corrected chi connectivity index (χ4v) is 5.72. The minimum absolute atomic E-state index is 0.227. The van der Waals surface area contributed by atoms with Crippen molar-refractivity contribution in [2.75, 3.05) is 13.1 Å². The van der Waals surface area contributed by atoms with Crippen molar-refractivity contribution in [2.45, 2.75) is 45.3 Å². The molecule has 3 heterocycles. The summed E-state index contributed by atoms with van der Waals surface area (Å²) in [6.07, 6.45) is 7.06. The third kappa shape index (κ3) is 3.19. The van der Waals surface area contributed by atoms with Crippen LogP contribution in [-0.2, 0) is 19.2 Å². The Bertz CT molecular complexity index is 1040. The Hall–Kier alpha value is -2.44. The monoisotopic (exact) mass is 405 g/mol. The van der Waals surface area contributed by atoms with E-state index in [0.29, 0.717) is 0 Å². The average molecular weight is 406 g/mol. The predicted molar refractivity (Wildman–Crippen MR) is 116 cm³/mol. The zero-order valence-corrected chi connectivity index (χ0v) is 18.1. The second kappa shape index (κ2) is 7.36. The number of benzene rings is 1. The van der Waals surface area contributed by atoms with Gasteiger partial charge in [0.05, 0.1) is 11.4 Å². The van der Waals surface area contributed by atoms with Gasteiger partial charge in [-0.25, -0.2) is 9.67 Å². The molecule has 2 bridgehead atoms. The molecule has 1 aliphatic heterocycles. The number of fused-ring (bicyclic) bond motifs is 2.